The average molecular weight is 389 g/mol. The highest BCUT2D eigenvalue weighted by Crippen LogP contribution is 2.35. The van der Waals surface area contributed by atoms with Crippen LogP contribution in [0, 0.1) is 0 Å². The standard InChI is InChI=1S/C13H13BrN2O3S2/c14-13-12(5-8(6-15)20-13)21(17,18)16-10-7-19-11-4-2-1-3-9(10)11/h1-5,10,16H,6-7,15H2. The lowest BCUT2D eigenvalue weighted by Gasteiger charge is -2.11. The Morgan fingerprint density at radius 3 is 2.90 bits per heavy atom. The Balaban J connectivity index is 1.89. The van der Waals surface area contributed by atoms with E-state index in [1.807, 2.05) is 24.3 Å². The van der Waals surface area contributed by atoms with Crippen LogP contribution in [-0.2, 0) is 16.6 Å². The maximum absolute atomic E-state index is 12.5. The van der Waals surface area contributed by atoms with E-state index in [0.29, 0.717) is 16.9 Å². The van der Waals surface area contributed by atoms with Crippen molar-refractivity contribution in [3.63, 3.8) is 0 Å². The first-order valence-corrected chi connectivity index (χ1v) is 9.33. The highest BCUT2D eigenvalue weighted by atomic mass is 79.9. The minimum absolute atomic E-state index is 0.220. The molecule has 0 aliphatic carbocycles. The molecule has 0 fully saturated rings. The van der Waals surface area contributed by atoms with Crippen LogP contribution in [0.5, 0.6) is 5.75 Å². The van der Waals surface area contributed by atoms with E-state index in [9.17, 15) is 8.42 Å². The number of ether oxygens (including phenoxy) is 1. The minimum Gasteiger partial charge on any atom is -0.491 e. The highest BCUT2D eigenvalue weighted by molar-refractivity contribution is 9.11. The summed E-state index contributed by atoms with van der Waals surface area (Å²) >= 11 is 4.61. The van der Waals surface area contributed by atoms with Gasteiger partial charge in [0.15, 0.2) is 0 Å². The van der Waals surface area contributed by atoms with Gasteiger partial charge in [0, 0.05) is 17.0 Å². The molecule has 0 saturated heterocycles. The van der Waals surface area contributed by atoms with Gasteiger partial charge in [0.25, 0.3) is 0 Å². The third-order valence-corrected chi connectivity index (χ3v) is 6.94. The molecule has 0 radical (unpaired) electrons. The molecule has 112 valence electrons. The lowest BCUT2D eigenvalue weighted by molar-refractivity contribution is 0.325. The molecule has 1 aromatic heterocycles. The third-order valence-electron chi connectivity index (χ3n) is 3.19. The molecule has 8 heteroatoms. The van der Waals surface area contributed by atoms with E-state index in [1.165, 1.54) is 11.3 Å². The summed E-state index contributed by atoms with van der Waals surface area (Å²) in [5.41, 5.74) is 6.41. The summed E-state index contributed by atoms with van der Waals surface area (Å²) in [6.07, 6.45) is 0. The van der Waals surface area contributed by atoms with Crippen LogP contribution in [-0.4, -0.2) is 15.0 Å². The molecule has 1 atom stereocenters. The zero-order valence-electron chi connectivity index (χ0n) is 10.9. The van der Waals surface area contributed by atoms with Gasteiger partial charge in [-0.1, -0.05) is 18.2 Å². The Hall–Kier alpha value is -0.930. The number of rotatable bonds is 4. The van der Waals surface area contributed by atoms with Gasteiger partial charge >= 0.3 is 0 Å². The number of hydrogen-bond donors (Lipinski definition) is 2. The molecule has 2 aromatic rings. The Labute approximate surface area is 135 Å². The second-order valence-corrected chi connectivity index (χ2v) is 8.71. The van der Waals surface area contributed by atoms with Crippen LogP contribution >= 0.6 is 27.3 Å². The summed E-state index contributed by atoms with van der Waals surface area (Å²) in [5.74, 6) is 0.720. The van der Waals surface area contributed by atoms with Gasteiger partial charge in [-0.15, -0.1) is 11.3 Å². The summed E-state index contributed by atoms with van der Waals surface area (Å²) in [6, 6.07) is 8.64. The van der Waals surface area contributed by atoms with Crippen molar-refractivity contribution in [2.45, 2.75) is 17.5 Å². The topological polar surface area (TPSA) is 81.4 Å². The molecule has 0 bridgehead atoms. The smallest absolute Gasteiger partial charge is 0.243 e. The van der Waals surface area contributed by atoms with Gasteiger partial charge in [0.05, 0.1) is 9.83 Å². The van der Waals surface area contributed by atoms with Crippen LogP contribution in [0.2, 0.25) is 0 Å². The van der Waals surface area contributed by atoms with E-state index in [0.717, 1.165) is 16.2 Å². The zero-order valence-corrected chi connectivity index (χ0v) is 14.1. The Bertz CT molecular complexity index is 773. The van der Waals surface area contributed by atoms with E-state index in [2.05, 4.69) is 20.7 Å². The quantitative estimate of drug-likeness (QED) is 0.842. The van der Waals surface area contributed by atoms with Gasteiger partial charge in [-0.3, -0.25) is 0 Å². The Morgan fingerprint density at radius 2 is 2.19 bits per heavy atom. The maximum Gasteiger partial charge on any atom is 0.243 e. The average Bonchev–Trinajstić information content (AvgIpc) is 3.03. The number of nitrogens with two attached hydrogens (primary N) is 1. The molecule has 1 unspecified atom stereocenters. The number of para-hydroxylation sites is 1. The highest BCUT2D eigenvalue weighted by Gasteiger charge is 2.30. The fourth-order valence-electron chi connectivity index (χ4n) is 2.19. The van der Waals surface area contributed by atoms with E-state index in [-0.39, 0.29) is 10.9 Å². The molecule has 1 aliphatic rings. The first-order valence-electron chi connectivity index (χ1n) is 6.23. The summed E-state index contributed by atoms with van der Waals surface area (Å²) in [5, 5.41) is 0. The maximum atomic E-state index is 12.5. The lowest BCUT2D eigenvalue weighted by atomic mass is 10.1. The third kappa shape index (κ3) is 2.86. The number of fused-ring (bicyclic) bond motifs is 1. The molecule has 1 aromatic carbocycles. The van der Waals surface area contributed by atoms with Crippen molar-refractivity contribution < 1.29 is 13.2 Å². The zero-order chi connectivity index (χ0) is 15.0. The van der Waals surface area contributed by atoms with Crippen LogP contribution in [0.3, 0.4) is 0 Å². The van der Waals surface area contributed by atoms with Crippen molar-refractivity contribution in [2.75, 3.05) is 6.61 Å². The molecular formula is C13H13BrN2O3S2. The van der Waals surface area contributed by atoms with Gasteiger partial charge in [0.1, 0.15) is 17.3 Å². The van der Waals surface area contributed by atoms with Crippen LogP contribution in [0.15, 0.2) is 39.0 Å². The molecule has 21 heavy (non-hydrogen) atoms. The molecule has 2 heterocycles. The number of benzene rings is 1. The van der Waals surface area contributed by atoms with E-state index in [1.54, 1.807) is 6.07 Å². The number of nitrogens with one attached hydrogen (secondary N) is 1. The van der Waals surface area contributed by atoms with Gasteiger partial charge in [0.2, 0.25) is 10.0 Å². The molecule has 0 amide bonds. The SMILES string of the molecule is NCc1cc(S(=O)(=O)NC2COc3ccccc32)c(Br)s1. The van der Waals surface area contributed by atoms with Crippen LogP contribution in [0.25, 0.3) is 0 Å². The number of halogens is 1. The van der Waals surface area contributed by atoms with Gasteiger partial charge < -0.3 is 10.5 Å². The monoisotopic (exact) mass is 388 g/mol. The van der Waals surface area contributed by atoms with Gasteiger partial charge in [-0.25, -0.2) is 8.42 Å². The van der Waals surface area contributed by atoms with Crippen molar-refractivity contribution in [1.82, 2.24) is 4.72 Å². The number of thiophene rings is 1. The van der Waals surface area contributed by atoms with Crippen molar-refractivity contribution in [2.24, 2.45) is 5.73 Å². The number of hydrogen-bond acceptors (Lipinski definition) is 5. The summed E-state index contributed by atoms with van der Waals surface area (Å²) in [7, 11) is -3.63. The van der Waals surface area contributed by atoms with Crippen LogP contribution < -0.4 is 15.2 Å². The van der Waals surface area contributed by atoms with E-state index >= 15 is 0 Å². The van der Waals surface area contributed by atoms with Crippen molar-refractivity contribution >= 4 is 37.3 Å². The van der Waals surface area contributed by atoms with E-state index in [4.69, 9.17) is 10.5 Å². The summed E-state index contributed by atoms with van der Waals surface area (Å²) < 4.78 is 33.8. The van der Waals surface area contributed by atoms with Crippen molar-refractivity contribution in [3.8, 4) is 5.75 Å². The fourth-order valence-corrected chi connectivity index (χ4v) is 5.95. The predicted molar refractivity (Wildman–Crippen MR) is 84.9 cm³/mol. The second-order valence-electron chi connectivity index (χ2n) is 4.58. The molecule has 1 aliphatic heterocycles. The normalized spacial score (nSPS) is 17.5. The first-order chi connectivity index (χ1) is 10.0. The first kappa shape index (κ1) is 15.0. The van der Waals surface area contributed by atoms with Gasteiger partial charge in [-0.2, -0.15) is 4.72 Å². The predicted octanol–water partition coefficient (Wildman–Crippen LogP) is 2.38. The molecule has 3 rings (SSSR count). The molecule has 0 spiro atoms. The minimum atomic E-state index is -3.63. The molecule has 0 saturated carbocycles. The van der Waals surface area contributed by atoms with Crippen LogP contribution in [0.4, 0.5) is 0 Å². The largest absolute Gasteiger partial charge is 0.491 e. The second kappa shape index (κ2) is 5.69. The van der Waals surface area contributed by atoms with Crippen LogP contribution in [0.1, 0.15) is 16.5 Å². The molecular weight excluding hydrogens is 376 g/mol. The Kier molecular flexibility index (Phi) is 4.06. The summed E-state index contributed by atoms with van der Waals surface area (Å²) in [4.78, 5) is 1.03. The molecule has 5 nitrogen and oxygen atoms in total. The van der Waals surface area contributed by atoms with Crippen molar-refractivity contribution in [1.29, 1.82) is 0 Å². The van der Waals surface area contributed by atoms with Crippen molar-refractivity contribution in [3.05, 3.63) is 44.6 Å². The molecule has 3 N–H and O–H groups in total. The summed E-state index contributed by atoms with van der Waals surface area (Å²) in [6.45, 7) is 0.609. The lowest BCUT2D eigenvalue weighted by Crippen LogP contribution is -2.29. The number of sulfonamides is 1. The van der Waals surface area contributed by atoms with Gasteiger partial charge in [-0.05, 0) is 28.1 Å². The Morgan fingerprint density at radius 1 is 1.43 bits per heavy atom. The fraction of sp³-hybridized carbons (Fsp3) is 0.231. The van der Waals surface area contributed by atoms with E-state index < -0.39 is 10.0 Å².